The maximum atomic E-state index is 11.8. The smallest absolute Gasteiger partial charge is 0.357 e. The van der Waals surface area contributed by atoms with E-state index in [1.165, 1.54) is 6.20 Å². The van der Waals surface area contributed by atoms with Crippen LogP contribution in [0, 0.1) is 0 Å². The van der Waals surface area contributed by atoms with E-state index in [0.717, 1.165) is 11.3 Å². The predicted octanol–water partition coefficient (Wildman–Crippen LogP) is 3.10. The van der Waals surface area contributed by atoms with Crippen molar-refractivity contribution in [3.05, 3.63) is 66.2 Å². The average molecular weight is 310 g/mol. The van der Waals surface area contributed by atoms with Crippen LogP contribution in [0.1, 0.15) is 16.2 Å². The second-order valence-corrected chi connectivity index (χ2v) is 4.70. The normalized spacial score (nSPS) is 10.3. The lowest BCUT2D eigenvalue weighted by molar-refractivity contribution is 0.0430. The first-order valence-electron chi connectivity index (χ1n) is 6.94. The molecule has 2 aromatic heterocycles. The van der Waals surface area contributed by atoms with E-state index >= 15 is 0 Å². The van der Waals surface area contributed by atoms with Gasteiger partial charge in [-0.3, -0.25) is 0 Å². The zero-order chi connectivity index (χ0) is 16.1. The van der Waals surface area contributed by atoms with Gasteiger partial charge in [0, 0.05) is 17.8 Å². The average Bonchev–Trinajstić information content (AvgIpc) is 3.09. The van der Waals surface area contributed by atoms with Crippen LogP contribution in [0.5, 0.6) is 5.75 Å². The quantitative estimate of drug-likeness (QED) is 0.674. The fraction of sp³-hybridized carbons (Fsp3) is 0.118. The molecular weight excluding hydrogens is 296 g/mol. The van der Waals surface area contributed by atoms with E-state index in [1.807, 2.05) is 24.3 Å². The van der Waals surface area contributed by atoms with Crippen molar-refractivity contribution in [3.63, 3.8) is 0 Å². The summed E-state index contributed by atoms with van der Waals surface area (Å²) in [5.41, 5.74) is 1.80. The molecule has 0 unspecified atom stereocenters. The summed E-state index contributed by atoms with van der Waals surface area (Å²) in [6.07, 6.45) is 1.53. The van der Waals surface area contributed by atoms with E-state index in [0.29, 0.717) is 11.5 Å². The third-order valence-electron chi connectivity index (χ3n) is 3.16. The monoisotopic (exact) mass is 310 g/mol. The maximum Gasteiger partial charge on any atom is 0.357 e. The van der Waals surface area contributed by atoms with Gasteiger partial charge in [0.1, 0.15) is 17.1 Å². The summed E-state index contributed by atoms with van der Waals surface area (Å²) in [5.74, 6) is 0.717. The first kappa shape index (κ1) is 14.8. The molecule has 3 rings (SSSR count). The third kappa shape index (κ3) is 3.55. The number of hydrogen-bond donors (Lipinski definition) is 0. The van der Waals surface area contributed by atoms with Crippen molar-refractivity contribution in [2.75, 3.05) is 7.11 Å². The fourth-order valence-corrected chi connectivity index (χ4v) is 1.97. The molecule has 0 bridgehead atoms. The molecule has 0 radical (unpaired) electrons. The highest BCUT2D eigenvalue weighted by Gasteiger charge is 2.11. The number of methoxy groups -OCH3 is 1. The van der Waals surface area contributed by atoms with Crippen molar-refractivity contribution in [2.45, 2.75) is 6.61 Å². The molecular formula is C17H14N2O4. The summed E-state index contributed by atoms with van der Waals surface area (Å²) in [6.45, 7) is -0.00143. The Morgan fingerprint density at radius 1 is 1.17 bits per heavy atom. The molecule has 3 aromatic rings. The topological polar surface area (TPSA) is 74.5 Å². The number of ether oxygens (including phenoxy) is 2. The number of esters is 1. The molecule has 116 valence electrons. The molecule has 0 aliphatic rings. The van der Waals surface area contributed by atoms with Gasteiger partial charge < -0.3 is 14.0 Å². The van der Waals surface area contributed by atoms with Crippen LogP contribution in [0.25, 0.3) is 11.3 Å². The van der Waals surface area contributed by atoms with Gasteiger partial charge >= 0.3 is 5.97 Å². The van der Waals surface area contributed by atoms with Crippen LogP contribution in [-0.4, -0.2) is 23.2 Å². The van der Waals surface area contributed by atoms with E-state index in [2.05, 4.69) is 10.1 Å². The van der Waals surface area contributed by atoms with Gasteiger partial charge in [0.05, 0.1) is 7.11 Å². The van der Waals surface area contributed by atoms with Crippen molar-refractivity contribution in [1.82, 2.24) is 10.1 Å². The summed E-state index contributed by atoms with van der Waals surface area (Å²) in [4.78, 5) is 15.7. The predicted molar refractivity (Wildman–Crippen MR) is 81.8 cm³/mol. The SMILES string of the molecule is COc1ccc(-c2cc(COC(=O)c3ccccn3)on2)cc1. The third-order valence-corrected chi connectivity index (χ3v) is 3.16. The van der Waals surface area contributed by atoms with Crippen molar-refractivity contribution in [3.8, 4) is 17.0 Å². The van der Waals surface area contributed by atoms with Crippen molar-refractivity contribution >= 4 is 5.97 Å². The number of aromatic nitrogens is 2. The molecule has 0 atom stereocenters. The van der Waals surface area contributed by atoms with Crippen molar-refractivity contribution < 1.29 is 18.8 Å². The number of carbonyl (C=O) groups is 1. The molecule has 6 heteroatoms. The minimum Gasteiger partial charge on any atom is -0.497 e. The Hall–Kier alpha value is -3.15. The number of hydrogen-bond acceptors (Lipinski definition) is 6. The molecule has 0 aliphatic heterocycles. The van der Waals surface area contributed by atoms with Gasteiger partial charge in [0.2, 0.25) is 0 Å². The Morgan fingerprint density at radius 2 is 2.00 bits per heavy atom. The molecule has 0 N–H and O–H groups in total. The summed E-state index contributed by atoms with van der Waals surface area (Å²) in [6, 6.07) is 14.2. The Kier molecular flexibility index (Phi) is 4.33. The maximum absolute atomic E-state index is 11.8. The van der Waals surface area contributed by atoms with E-state index in [9.17, 15) is 4.79 Å². The molecule has 0 spiro atoms. The Labute approximate surface area is 132 Å². The molecule has 6 nitrogen and oxygen atoms in total. The van der Waals surface area contributed by atoms with Crippen LogP contribution < -0.4 is 4.74 Å². The van der Waals surface area contributed by atoms with Gasteiger partial charge in [-0.25, -0.2) is 9.78 Å². The van der Waals surface area contributed by atoms with Crippen molar-refractivity contribution in [1.29, 1.82) is 0 Å². The fourth-order valence-electron chi connectivity index (χ4n) is 1.97. The first-order valence-corrected chi connectivity index (χ1v) is 6.94. The molecule has 0 fully saturated rings. The lowest BCUT2D eigenvalue weighted by Crippen LogP contribution is -2.06. The molecule has 0 aliphatic carbocycles. The van der Waals surface area contributed by atoms with Crippen LogP contribution in [-0.2, 0) is 11.3 Å². The number of carbonyl (C=O) groups excluding carboxylic acids is 1. The van der Waals surface area contributed by atoms with E-state index in [4.69, 9.17) is 14.0 Å². The van der Waals surface area contributed by atoms with Crippen molar-refractivity contribution in [2.24, 2.45) is 0 Å². The largest absolute Gasteiger partial charge is 0.497 e. The van der Waals surface area contributed by atoms with Crippen LogP contribution >= 0.6 is 0 Å². The van der Waals surface area contributed by atoms with Crippen LogP contribution in [0.15, 0.2) is 59.3 Å². The molecule has 0 saturated carbocycles. The zero-order valence-electron chi connectivity index (χ0n) is 12.4. The van der Waals surface area contributed by atoms with Gasteiger partial charge in [0.25, 0.3) is 0 Å². The lowest BCUT2D eigenvalue weighted by atomic mass is 10.1. The van der Waals surface area contributed by atoms with Gasteiger partial charge in [-0.2, -0.15) is 0 Å². The van der Waals surface area contributed by atoms with E-state index < -0.39 is 5.97 Å². The van der Waals surface area contributed by atoms with Gasteiger partial charge in [-0.05, 0) is 36.4 Å². The van der Waals surface area contributed by atoms with Crippen LogP contribution in [0.2, 0.25) is 0 Å². The highest BCUT2D eigenvalue weighted by molar-refractivity contribution is 5.87. The summed E-state index contributed by atoms with van der Waals surface area (Å²) < 4.78 is 15.4. The minimum absolute atomic E-state index is 0.00143. The summed E-state index contributed by atoms with van der Waals surface area (Å²) >= 11 is 0. The first-order chi connectivity index (χ1) is 11.3. The van der Waals surface area contributed by atoms with Crippen LogP contribution in [0.4, 0.5) is 0 Å². The highest BCUT2D eigenvalue weighted by atomic mass is 16.5. The number of rotatable bonds is 5. The minimum atomic E-state index is -0.506. The van der Waals surface area contributed by atoms with E-state index in [1.54, 1.807) is 31.4 Å². The molecule has 23 heavy (non-hydrogen) atoms. The second-order valence-electron chi connectivity index (χ2n) is 4.70. The molecule has 2 heterocycles. The Bertz CT molecular complexity index is 782. The Morgan fingerprint density at radius 3 is 2.70 bits per heavy atom. The molecule has 1 aromatic carbocycles. The van der Waals surface area contributed by atoms with Gasteiger partial charge in [-0.15, -0.1) is 0 Å². The standard InChI is InChI=1S/C17H14N2O4/c1-21-13-7-5-12(6-8-13)16-10-14(23-19-16)11-22-17(20)15-4-2-3-9-18-15/h2-10H,11H2,1H3. The van der Waals surface area contributed by atoms with Gasteiger partial charge in [-0.1, -0.05) is 11.2 Å². The number of nitrogens with zero attached hydrogens (tertiary/aromatic N) is 2. The Balaban J connectivity index is 1.64. The zero-order valence-corrected chi connectivity index (χ0v) is 12.4. The summed E-state index contributed by atoms with van der Waals surface area (Å²) in [7, 11) is 1.61. The second kappa shape index (κ2) is 6.74. The van der Waals surface area contributed by atoms with E-state index in [-0.39, 0.29) is 12.3 Å². The summed E-state index contributed by atoms with van der Waals surface area (Å²) in [5, 5.41) is 3.97. The number of benzene rings is 1. The number of pyridine rings is 1. The lowest BCUT2D eigenvalue weighted by Gasteiger charge is -2.00. The highest BCUT2D eigenvalue weighted by Crippen LogP contribution is 2.22. The van der Waals surface area contributed by atoms with Gasteiger partial charge in [0.15, 0.2) is 12.4 Å². The van der Waals surface area contributed by atoms with Crippen LogP contribution in [0.3, 0.4) is 0 Å². The molecule has 0 amide bonds. The molecule has 0 saturated heterocycles.